The first-order valence-electron chi connectivity index (χ1n) is 9.01. The lowest BCUT2D eigenvalue weighted by molar-refractivity contribution is 0.190. The van der Waals surface area contributed by atoms with Crippen LogP contribution < -0.4 is 0 Å². The number of likely N-dealkylation sites (tertiary alicyclic amines) is 1. The van der Waals surface area contributed by atoms with Crippen molar-refractivity contribution in [3.8, 4) is 0 Å². The fourth-order valence-electron chi connectivity index (χ4n) is 4.06. The van der Waals surface area contributed by atoms with Crippen molar-refractivity contribution in [3.05, 3.63) is 47.8 Å². The summed E-state index contributed by atoms with van der Waals surface area (Å²) in [7, 11) is 2.01. The molecule has 0 amide bonds. The fourth-order valence-corrected chi connectivity index (χ4v) is 4.06. The summed E-state index contributed by atoms with van der Waals surface area (Å²) in [5.74, 6) is 1.21. The van der Waals surface area contributed by atoms with Crippen molar-refractivity contribution in [1.82, 2.24) is 24.2 Å². The molecule has 1 saturated heterocycles. The molecule has 1 aromatic carbocycles. The van der Waals surface area contributed by atoms with Gasteiger partial charge in [0.05, 0.1) is 12.1 Å². The minimum absolute atomic E-state index is 0.239. The number of aromatic nitrogens is 4. The van der Waals surface area contributed by atoms with Gasteiger partial charge in [0.25, 0.3) is 0 Å². The van der Waals surface area contributed by atoms with Crippen molar-refractivity contribution in [2.75, 3.05) is 13.1 Å². The first kappa shape index (κ1) is 16.3. The Morgan fingerprint density at radius 1 is 1.28 bits per heavy atom. The van der Waals surface area contributed by atoms with E-state index >= 15 is 0 Å². The average molecular weight is 341 g/mol. The zero-order chi connectivity index (χ0) is 17.4. The van der Waals surface area contributed by atoms with Crippen LogP contribution in [0.3, 0.4) is 0 Å². The third-order valence-corrected chi connectivity index (χ3v) is 5.27. The lowest BCUT2D eigenvalue weighted by Gasteiger charge is -2.32. The van der Waals surface area contributed by atoms with Crippen LogP contribution in [0.4, 0.5) is 4.39 Å². The number of para-hydroxylation sites is 1. The molecule has 0 aliphatic carbocycles. The van der Waals surface area contributed by atoms with Gasteiger partial charge in [-0.3, -0.25) is 9.58 Å². The molecule has 132 valence electrons. The van der Waals surface area contributed by atoms with Crippen molar-refractivity contribution in [1.29, 1.82) is 0 Å². The molecule has 1 atom stereocenters. The Morgan fingerprint density at radius 3 is 2.92 bits per heavy atom. The fraction of sp³-hybridized carbons (Fsp3) is 0.474. The molecule has 1 aliphatic rings. The smallest absolute Gasteiger partial charge is 0.151 e. The number of imidazole rings is 1. The molecule has 0 N–H and O–H groups in total. The van der Waals surface area contributed by atoms with Gasteiger partial charge in [-0.25, -0.2) is 9.37 Å². The molecule has 2 aromatic heterocycles. The van der Waals surface area contributed by atoms with Crippen molar-refractivity contribution < 1.29 is 4.39 Å². The Morgan fingerprint density at radius 2 is 2.16 bits per heavy atom. The summed E-state index contributed by atoms with van der Waals surface area (Å²) >= 11 is 0. The van der Waals surface area contributed by atoms with Gasteiger partial charge in [0.2, 0.25) is 0 Å². The first-order chi connectivity index (χ1) is 12.2. The van der Waals surface area contributed by atoms with Gasteiger partial charge >= 0.3 is 0 Å². The number of fused-ring (bicyclic) bond motifs is 1. The molecule has 4 rings (SSSR count). The highest BCUT2D eigenvalue weighted by atomic mass is 19.1. The van der Waals surface area contributed by atoms with E-state index in [1.807, 2.05) is 24.0 Å². The highest BCUT2D eigenvalue weighted by Crippen LogP contribution is 2.28. The number of benzene rings is 1. The second-order valence-corrected chi connectivity index (χ2v) is 6.83. The van der Waals surface area contributed by atoms with Gasteiger partial charge in [0.15, 0.2) is 5.82 Å². The molecule has 0 radical (unpaired) electrons. The van der Waals surface area contributed by atoms with Crippen LogP contribution in [0.5, 0.6) is 0 Å². The van der Waals surface area contributed by atoms with Crippen molar-refractivity contribution >= 4 is 11.0 Å². The maximum absolute atomic E-state index is 14.1. The monoisotopic (exact) mass is 341 g/mol. The van der Waals surface area contributed by atoms with Crippen molar-refractivity contribution in [2.45, 2.75) is 38.8 Å². The van der Waals surface area contributed by atoms with Crippen LogP contribution >= 0.6 is 0 Å². The number of hydrogen-bond donors (Lipinski definition) is 0. The van der Waals surface area contributed by atoms with Gasteiger partial charge < -0.3 is 4.57 Å². The summed E-state index contributed by atoms with van der Waals surface area (Å²) in [6.45, 7) is 5.70. The molecule has 3 aromatic rings. The highest BCUT2D eigenvalue weighted by Gasteiger charge is 2.25. The van der Waals surface area contributed by atoms with Gasteiger partial charge in [-0.15, -0.1) is 0 Å². The van der Waals surface area contributed by atoms with E-state index in [2.05, 4.69) is 32.5 Å². The molecule has 6 heteroatoms. The number of halogens is 1. The molecule has 0 unspecified atom stereocenters. The summed E-state index contributed by atoms with van der Waals surface area (Å²) in [5, 5.41) is 4.31. The molecule has 0 spiro atoms. The Kier molecular flexibility index (Phi) is 4.29. The summed E-state index contributed by atoms with van der Waals surface area (Å²) in [5.41, 5.74) is 2.66. The number of rotatable bonds is 4. The van der Waals surface area contributed by atoms with E-state index in [0.29, 0.717) is 11.4 Å². The SMILES string of the molecule is CCn1c(CN2CCC[C@@H](c3ccnn3C)C2)nc2c(F)cccc21. The largest absolute Gasteiger partial charge is 0.327 e. The summed E-state index contributed by atoms with van der Waals surface area (Å²) in [6.07, 6.45) is 4.22. The minimum Gasteiger partial charge on any atom is -0.327 e. The topological polar surface area (TPSA) is 38.9 Å². The predicted octanol–water partition coefficient (Wildman–Crippen LogP) is 3.31. The van der Waals surface area contributed by atoms with Gasteiger partial charge in [-0.1, -0.05) is 6.07 Å². The molecule has 0 saturated carbocycles. The molecule has 3 heterocycles. The Labute approximate surface area is 147 Å². The van der Waals surface area contributed by atoms with Crippen LogP contribution in [0.2, 0.25) is 0 Å². The van der Waals surface area contributed by atoms with Gasteiger partial charge in [0, 0.05) is 37.9 Å². The van der Waals surface area contributed by atoms with Crippen LogP contribution in [0.25, 0.3) is 11.0 Å². The molecule has 25 heavy (non-hydrogen) atoms. The number of aryl methyl sites for hydroxylation is 2. The highest BCUT2D eigenvalue weighted by molar-refractivity contribution is 5.76. The molecule has 1 fully saturated rings. The van der Waals surface area contributed by atoms with Crippen LogP contribution in [0, 0.1) is 5.82 Å². The summed E-state index contributed by atoms with van der Waals surface area (Å²) in [6, 6.07) is 7.31. The van der Waals surface area contributed by atoms with E-state index in [1.165, 1.54) is 18.2 Å². The van der Waals surface area contributed by atoms with E-state index in [-0.39, 0.29) is 5.82 Å². The summed E-state index contributed by atoms with van der Waals surface area (Å²) < 4.78 is 18.2. The molecule has 1 aliphatic heterocycles. The second kappa shape index (κ2) is 6.59. The first-order valence-corrected chi connectivity index (χ1v) is 9.01. The number of piperidine rings is 1. The predicted molar refractivity (Wildman–Crippen MR) is 95.8 cm³/mol. The van der Waals surface area contributed by atoms with Crippen LogP contribution in [0.15, 0.2) is 30.5 Å². The quantitative estimate of drug-likeness (QED) is 0.731. The van der Waals surface area contributed by atoms with Crippen molar-refractivity contribution in [2.24, 2.45) is 7.05 Å². The maximum Gasteiger partial charge on any atom is 0.151 e. The Hall–Kier alpha value is -2.21. The molecular weight excluding hydrogens is 317 g/mol. The second-order valence-electron chi connectivity index (χ2n) is 6.83. The lowest BCUT2D eigenvalue weighted by Crippen LogP contribution is -2.35. The molecular formula is C19H24FN5. The van der Waals surface area contributed by atoms with E-state index in [4.69, 9.17) is 0 Å². The number of nitrogens with zero attached hydrogens (tertiary/aromatic N) is 5. The normalized spacial score (nSPS) is 18.9. The van der Waals surface area contributed by atoms with E-state index in [9.17, 15) is 4.39 Å². The van der Waals surface area contributed by atoms with Crippen LogP contribution in [0.1, 0.15) is 37.2 Å². The van der Waals surface area contributed by atoms with E-state index in [1.54, 1.807) is 6.07 Å². The van der Waals surface area contributed by atoms with Gasteiger partial charge in [0.1, 0.15) is 11.3 Å². The average Bonchev–Trinajstić information content (AvgIpc) is 3.19. The van der Waals surface area contributed by atoms with E-state index in [0.717, 1.165) is 43.9 Å². The van der Waals surface area contributed by atoms with Gasteiger partial charge in [-0.05, 0) is 44.5 Å². The number of hydrogen-bond acceptors (Lipinski definition) is 3. The van der Waals surface area contributed by atoms with Crippen LogP contribution in [-0.4, -0.2) is 37.3 Å². The lowest BCUT2D eigenvalue weighted by atomic mass is 9.94. The van der Waals surface area contributed by atoms with E-state index < -0.39 is 0 Å². The molecule has 0 bridgehead atoms. The zero-order valence-corrected chi connectivity index (χ0v) is 14.8. The maximum atomic E-state index is 14.1. The Bertz CT molecular complexity index is 881. The van der Waals surface area contributed by atoms with Gasteiger partial charge in [-0.2, -0.15) is 5.10 Å². The standard InChI is InChI=1S/C19H24FN5/c1-3-25-17-8-4-7-15(20)19(17)22-18(25)13-24-11-5-6-14(12-24)16-9-10-21-23(16)2/h4,7-10,14H,3,5-6,11-13H2,1-2H3/t14-/m1/s1. The third-order valence-electron chi connectivity index (χ3n) is 5.27. The Balaban J connectivity index is 1.58. The van der Waals surface area contributed by atoms with Crippen LogP contribution in [-0.2, 0) is 20.1 Å². The van der Waals surface area contributed by atoms with Crippen molar-refractivity contribution in [3.63, 3.8) is 0 Å². The molecule has 5 nitrogen and oxygen atoms in total. The third kappa shape index (κ3) is 2.95. The summed E-state index contributed by atoms with van der Waals surface area (Å²) in [4.78, 5) is 7.05. The zero-order valence-electron chi connectivity index (χ0n) is 14.8. The minimum atomic E-state index is -0.239.